The molecule has 0 bridgehead atoms. The number of hydrogen-bond acceptors (Lipinski definition) is 7. The van der Waals surface area contributed by atoms with Gasteiger partial charge in [-0.2, -0.15) is 4.98 Å². The summed E-state index contributed by atoms with van der Waals surface area (Å²) in [6.07, 6.45) is -2.05. The number of carbonyl (C=O) groups excluding carboxylic acids is 2. The zero-order chi connectivity index (χ0) is 16.0. The Morgan fingerprint density at radius 2 is 1.57 bits per heavy atom. The van der Waals surface area contributed by atoms with Gasteiger partial charge >= 0.3 is 12.3 Å². The van der Waals surface area contributed by atoms with Crippen molar-refractivity contribution >= 4 is 35.5 Å². The minimum atomic E-state index is -1.03. The van der Waals surface area contributed by atoms with Crippen molar-refractivity contribution in [3.63, 3.8) is 0 Å². The third-order valence-corrected chi connectivity index (χ3v) is 2.94. The molecule has 1 aromatic rings. The Balaban J connectivity index is 3.14. The molecule has 1 aromatic heterocycles. The van der Waals surface area contributed by atoms with Crippen LogP contribution in [-0.4, -0.2) is 30.5 Å². The van der Waals surface area contributed by atoms with Gasteiger partial charge in [0.05, 0.1) is 18.2 Å². The van der Waals surface area contributed by atoms with Gasteiger partial charge in [-0.25, -0.2) is 9.59 Å². The number of nitrogens with zero attached hydrogens (tertiary/aromatic N) is 1. The van der Waals surface area contributed by atoms with Crippen molar-refractivity contribution in [2.75, 3.05) is 13.2 Å². The van der Waals surface area contributed by atoms with Crippen LogP contribution in [0.2, 0.25) is 10.2 Å². The molecule has 0 fully saturated rings. The van der Waals surface area contributed by atoms with E-state index in [-0.39, 0.29) is 35.0 Å². The average Bonchev–Trinajstić information content (AvgIpc) is 2.41. The summed E-state index contributed by atoms with van der Waals surface area (Å²) in [6, 6.07) is 0. The van der Waals surface area contributed by atoms with Crippen LogP contribution in [0, 0.1) is 6.92 Å². The maximum absolute atomic E-state index is 11.4. The zero-order valence-electron chi connectivity index (χ0n) is 11.6. The van der Waals surface area contributed by atoms with Crippen molar-refractivity contribution in [3.8, 4) is 11.6 Å². The highest BCUT2D eigenvalue weighted by molar-refractivity contribution is 6.36. The van der Waals surface area contributed by atoms with Gasteiger partial charge in [-0.15, -0.1) is 0 Å². The van der Waals surface area contributed by atoms with E-state index < -0.39 is 12.3 Å². The Morgan fingerprint density at radius 3 is 2.10 bits per heavy atom. The molecule has 0 amide bonds. The Hall–Kier alpha value is -1.73. The number of rotatable bonds is 4. The number of aromatic nitrogens is 1. The lowest BCUT2D eigenvalue weighted by Gasteiger charge is -2.12. The monoisotopic (exact) mass is 337 g/mol. The standard InChI is InChI=1S/C12H13Cl2NO6/c1-4-18-11(16)20-8-7(13)6(3)9(14)15-10(8)21-12(17)19-5-2/h4-5H2,1-3H3. The molecule has 0 aromatic carbocycles. The van der Waals surface area contributed by atoms with Crippen LogP contribution >= 0.6 is 23.2 Å². The lowest BCUT2D eigenvalue weighted by molar-refractivity contribution is 0.0925. The van der Waals surface area contributed by atoms with Crippen molar-refractivity contribution < 1.29 is 28.5 Å². The van der Waals surface area contributed by atoms with E-state index in [0.29, 0.717) is 5.56 Å². The second kappa shape index (κ2) is 7.90. The molecule has 0 unspecified atom stereocenters. The molecule has 0 atom stereocenters. The summed E-state index contributed by atoms with van der Waals surface area (Å²) in [7, 11) is 0. The van der Waals surface area contributed by atoms with Crippen LogP contribution in [0.1, 0.15) is 19.4 Å². The smallest absolute Gasteiger partial charge is 0.434 e. The fourth-order valence-corrected chi connectivity index (χ4v) is 1.62. The van der Waals surface area contributed by atoms with Crippen LogP contribution in [0.25, 0.3) is 0 Å². The van der Waals surface area contributed by atoms with Crippen molar-refractivity contribution in [1.29, 1.82) is 0 Å². The predicted octanol–water partition coefficient (Wildman–Crippen LogP) is 3.77. The van der Waals surface area contributed by atoms with Gasteiger partial charge in [-0.1, -0.05) is 23.2 Å². The summed E-state index contributed by atoms with van der Waals surface area (Å²) in [4.78, 5) is 26.5. The maximum atomic E-state index is 11.4. The fourth-order valence-electron chi connectivity index (χ4n) is 1.19. The molecular formula is C12H13Cl2NO6. The summed E-state index contributed by atoms with van der Waals surface area (Å²) >= 11 is 11.9. The van der Waals surface area contributed by atoms with Crippen LogP contribution in [-0.2, 0) is 9.47 Å². The second-order valence-corrected chi connectivity index (χ2v) is 4.28. The lowest BCUT2D eigenvalue weighted by Crippen LogP contribution is -2.15. The first-order chi connectivity index (χ1) is 9.90. The van der Waals surface area contributed by atoms with Gasteiger partial charge in [-0.05, 0) is 20.8 Å². The van der Waals surface area contributed by atoms with Crippen molar-refractivity contribution in [3.05, 3.63) is 15.7 Å². The van der Waals surface area contributed by atoms with Gasteiger partial charge in [0.2, 0.25) is 5.75 Å². The normalized spacial score (nSPS) is 9.95. The first-order valence-electron chi connectivity index (χ1n) is 5.95. The molecule has 0 aliphatic rings. The first-order valence-corrected chi connectivity index (χ1v) is 6.71. The molecule has 116 valence electrons. The van der Waals surface area contributed by atoms with Crippen molar-refractivity contribution in [1.82, 2.24) is 4.98 Å². The number of pyridine rings is 1. The van der Waals surface area contributed by atoms with Gasteiger partial charge in [-0.3, -0.25) is 0 Å². The Bertz CT molecular complexity index is 549. The van der Waals surface area contributed by atoms with Crippen molar-refractivity contribution in [2.24, 2.45) is 0 Å². The van der Waals surface area contributed by atoms with Crippen LogP contribution in [0.15, 0.2) is 0 Å². The molecule has 0 aliphatic carbocycles. The summed E-state index contributed by atoms with van der Waals surface area (Å²) in [5, 5.41) is -0.0298. The second-order valence-electron chi connectivity index (χ2n) is 3.55. The average molecular weight is 338 g/mol. The third kappa shape index (κ3) is 4.64. The number of ether oxygens (including phenoxy) is 4. The van der Waals surface area contributed by atoms with E-state index >= 15 is 0 Å². The highest BCUT2D eigenvalue weighted by Crippen LogP contribution is 2.39. The van der Waals surface area contributed by atoms with Gasteiger partial charge in [0, 0.05) is 5.56 Å². The molecule has 0 saturated heterocycles. The largest absolute Gasteiger partial charge is 0.515 e. The third-order valence-electron chi connectivity index (χ3n) is 2.12. The fraction of sp³-hybridized carbons (Fsp3) is 0.417. The number of halogens is 2. The molecule has 7 nitrogen and oxygen atoms in total. The highest BCUT2D eigenvalue weighted by atomic mass is 35.5. The maximum Gasteiger partial charge on any atom is 0.515 e. The first kappa shape index (κ1) is 17.3. The minimum Gasteiger partial charge on any atom is -0.434 e. The molecule has 0 saturated carbocycles. The van der Waals surface area contributed by atoms with Crippen LogP contribution < -0.4 is 9.47 Å². The van der Waals surface area contributed by atoms with Crippen LogP contribution in [0.3, 0.4) is 0 Å². The Labute approximate surface area is 131 Å². The van der Waals surface area contributed by atoms with E-state index in [1.165, 1.54) is 0 Å². The van der Waals surface area contributed by atoms with E-state index in [1.807, 2.05) is 0 Å². The number of hydrogen-bond donors (Lipinski definition) is 0. The molecular weight excluding hydrogens is 325 g/mol. The SMILES string of the molecule is CCOC(=O)Oc1nc(Cl)c(C)c(Cl)c1OC(=O)OCC. The molecule has 21 heavy (non-hydrogen) atoms. The number of carbonyl (C=O) groups is 2. The van der Waals surface area contributed by atoms with E-state index in [4.69, 9.17) is 32.7 Å². The lowest BCUT2D eigenvalue weighted by atomic mass is 10.3. The van der Waals surface area contributed by atoms with Crippen molar-refractivity contribution in [2.45, 2.75) is 20.8 Å². The predicted molar refractivity (Wildman–Crippen MR) is 74.3 cm³/mol. The Morgan fingerprint density at radius 1 is 1.05 bits per heavy atom. The van der Waals surface area contributed by atoms with Gasteiger partial charge < -0.3 is 18.9 Å². The van der Waals surface area contributed by atoms with Crippen LogP contribution in [0.4, 0.5) is 9.59 Å². The Kier molecular flexibility index (Phi) is 6.51. The zero-order valence-corrected chi connectivity index (χ0v) is 13.1. The van der Waals surface area contributed by atoms with Gasteiger partial charge in [0.25, 0.3) is 5.88 Å². The summed E-state index contributed by atoms with van der Waals surface area (Å²) < 4.78 is 18.9. The quantitative estimate of drug-likeness (QED) is 0.610. The van der Waals surface area contributed by atoms with E-state index in [0.717, 1.165) is 0 Å². The molecule has 0 radical (unpaired) electrons. The minimum absolute atomic E-state index is 0.00416. The topological polar surface area (TPSA) is 84.0 Å². The molecule has 9 heteroatoms. The molecule has 0 spiro atoms. The van der Waals surface area contributed by atoms with Gasteiger partial charge in [0.1, 0.15) is 5.15 Å². The molecule has 0 aliphatic heterocycles. The van der Waals surface area contributed by atoms with E-state index in [1.54, 1.807) is 20.8 Å². The molecule has 1 rings (SSSR count). The van der Waals surface area contributed by atoms with Gasteiger partial charge in [0.15, 0.2) is 0 Å². The van der Waals surface area contributed by atoms with E-state index in [2.05, 4.69) is 14.5 Å². The molecule has 1 heterocycles. The summed E-state index contributed by atoms with van der Waals surface area (Å²) in [5.41, 5.74) is 0.355. The van der Waals surface area contributed by atoms with Crippen LogP contribution in [0.5, 0.6) is 11.6 Å². The summed E-state index contributed by atoms with van der Waals surface area (Å²) in [6.45, 7) is 4.96. The highest BCUT2D eigenvalue weighted by Gasteiger charge is 2.23. The van der Waals surface area contributed by atoms with E-state index in [9.17, 15) is 9.59 Å². The summed E-state index contributed by atoms with van der Waals surface area (Å²) in [5.74, 6) is -0.660. The molecule has 0 N–H and O–H groups in total.